The fourth-order valence-corrected chi connectivity index (χ4v) is 13.5. The van der Waals surface area contributed by atoms with Crippen LogP contribution in [0.25, 0.3) is 0 Å². The summed E-state index contributed by atoms with van der Waals surface area (Å²) in [6, 6.07) is 7.31. The number of nitrogens with one attached hydrogen (secondary N) is 8. The van der Waals surface area contributed by atoms with Crippen LogP contribution in [-0.2, 0) is 65.6 Å². The molecule has 2 aliphatic heterocycles. The number of piperidine rings is 1. The van der Waals surface area contributed by atoms with Gasteiger partial charge in [-0.25, -0.2) is 4.79 Å². The predicted molar refractivity (Wildman–Crippen MR) is 376 cm³/mol. The first-order chi connectivity index (χ1) is 47.2. The lowest BCUT2D eigenvalue weighted by molar-refractivity contribution is -0.196. The quantitative estimate of drug-likeness (QED) is 0.0365. The third-order valence-electron chi connectivity index (χ3n) is 19.3. The Morgan fingerprint density at radius 1 is 0.680 bits per heavy atom. The minimum Gasteiger partial charge on any atom is -0.379 e. The van der Waals surface area contributed by atoms with Gasteiger partial charge in [0.2, 0.25) is 53.2 Å². The van der Waals surface area contributed by atoms with Gasteiger partial charge >= 0.3 is 12.2 Å². The Morgan fingerprint density at radius 2 is 1.33 bits per heavy atom. The molecule has 0 bridgehead atoms. The van der Waals surface area contributed by atoms with Gasteiger partial charge in [-0.05, 0) is 125 Å². The van der Waals surface area contributed by atoms with Crippen molar-refractivity contribution in [2.75, 3.05) is 73.4 Å². The van der Waals surface area contributed by atoms with Gasteiger partial charge in [0.1, 0.15) is 30.2 Å². The molecule has 2 unspecified atom stereocenters. The second-order valence-electron chi connectivity index (χ2n) is 28.1. The lowest BCUT2D eigenvalue weighted by Gasteiger charge is -2.41. The summed E-state index contributed by atoms with van der Waals surface area (Å²) < 4.78 is 54.9. The van der Waals surface area contributed by atoms with Crippen molar-refractivity contribution in [2.45, 2.75) is 220 Å². The zero-order valence-corrected chi connectivity index (χ0v) is 61.6. The highest BCUT2D eigenvalue weighted by atomic mass is 19.4. The average molecular weight is 1410 g/mol. The summed E-state index contributed by atoms with van der Waals surface area (Å²) in [6.45, 7) is 19.4. The fourth-order valence-electron chi connectivity index (χ4n) is 13.5. The van der Waals surface area contributed by atoms with E-state index in [4.69, 9.17) is 15.2 Å². The number of alkyl halides is 3. The van der Waals surface area contributed by atoms with Gasteiger partial charge < -0.3 is 67.5 Å². The molecule has 0 aromatic heterocycles. The molecule has 2 aliphatic rings. The summed E-state index contributed by atoms with van der Waals surface area (Å²) in [6.07, 6.45) is -3.64. The van der Waals surface area contributed by atoms with Crippen LogP contribution < -0.4 is 48.3 Å². The molecule has 2 aromatic rings. The van der Waals surface area contributed by atoms with E-state index in [-0.39, 0.29) is 113 Å². The van der Waals surface area contributed by atoms with Gasteiger partial charge in [-0.15, -0.1) is 0 Å². The van der Waals surface area contributed by atoms with Crippen molar-refractivity contribution in [3.63, 3.8) is 0 Å². The number of methoxy groups -OCH3 is 2. The van der Waals surface area contributed by atoms with E-state index < -0.39 is 126 Å². The van der Waals surface area contributed by atoms with Crippen molar-refractivity contribution < 1.29 is 70.6 Å². The number of hydrogen-bond donors (Lipinski definition) is 9. The lowest BCUT2D eigenvalue weighted by atomic mass is 9.89. The molecule has 25 nitrogen and oxygen atoms in total. The number of ether oxygens (including phenoxy) is 2. The number of likely N-dealkylation sites (N-methyl/N-ethyl adjacent to an activating group) is 2. The number of rotatable bonds is 40. The maximum Gasteiger partial charge on any atom is 0.404 e. The zero-order chi connectivity index (χ0) is 74.7. The standard InChI is InChI=1S/C72H116F3N13O12/c1-16-34-77-65(92)50-33-38-87(56(40-50)72(73,74)75)36-23-28-57(89)83-59(43(3)4)68(95)81-52(26-21-35-78-71(76)98)67(94)80-51-31-29-49(30-32-51)42-79-66(93)53(39-48-24-19-18-20-25-48)82-64(91)47(10)63(100-15)54-27-22-37-88(54)58(90)41-55(99-14)62(46(9)17-2)86(13)70(97)60(44(5)6)84-69(96)61(45(7)8)85(11)12/h18-20,24-25,29-32,43-47,50,52-56,59-63H,16-17,21-23,26-28,33-42H2,1-15H3,(H,77,92)(H,79,93)(H,80,94)(H,81,95)(H,82,91)(H,83,89)(H,84,96)(H3,76,78,98)/t46-,47+,50?,52-,53-,54-,55+,56?,59-,60-,61-,62-,63+/m0/s1. The lowest BCUT2D eigenvalue weighted by Crippen LogP contribution is -2.59. The van der Waals surface area contributed by atoms with Crippen LogP contribution in [0.3, 0.4) is 0 Å². The normalized spacial score (nSPS) is 18.9. The third kappa shape index (κ3) is 25.9. The van der Waals surface area contributed by atoms with Crippen molar-refractivity contribution in [3.8, 4) is 0 Å². The van der Waals surface area contributed by atoms with Crippen LogP contribution in [0.1, 0.15) is 151 Å². The first-order valence-corrected chi connectivity index (χ1v) is 35.5. The van der Waals surface area contributed by atoms with Gasteiger partial charge in [0.15, 0.2) is 0 Å². The molecule has 562 valence electrons. The Labute approximate surface area is 589 Å². The molecular weight excluding hydrogens is 1300 g/mol. The molecule has 0 radical (unpaired) electrons. The molecule has 4 rings (SSSR count). The van der Waals surface area contributed by atoms with Crippen molar-refractivity contribution in [1.82, 2.24) is 56.8 Å². The van der Waals surface area contributed by atoms with E-state index in [1.165, 1.54) is 19.1 Å². The molecule has 0 aliphatic carbocycles. The van der Waals surface area contributed by atoms with Gasteiger partial charge in [-0.3, -0.25) is 53.0 Å². The third-order valence-corrected chi connectivity index (χ3v) is 19.3. The molecule has 28 heteroatoms. The van der Waals surface area contributed by atoms with E-state index in [1.54, 1.807) is 61.9 Å². The number of nitrogens with zero attached hydrogens (tertiary/aromatic N) is 4. The summed E-state index contributed by atoms with van der Waals surface area (Å²) in [5.41, 5.74) is 6.99. The van der Waals surface area contributed by atoms with Crippen molar-refractivity contribution in [2.24, 2.45) is 41.2 Å². The molecule has 100 heavy (non-hydrogen) atoms. The number of carbonyl (C=O) groups is 10. The molecule has 2 fully saturated rings. The van der Waals surface area contributed by atoms with Gasteiger partial charge in [-0.1, -0.05) is 118 Å². The van der Waals surface area contributed by atoms with E-state index >= 15 is 0 Å². The smallest absolute Gasteiger partial charge is 0.379 e. The van der Waals surface area contributed by atoms with Crippen LogP contribution in [-0.4, -0.2) is 214 Å². The molecule has 0 spiro atoms. The van der Waals surface area contributed by atoms with Crippen molar-refractivity contribution in [1.29, 1.82) is 0 Å². The van der Waals surface area contributed by atoms with Crippen LogP contribution >= 0.6 is 0 Å². The maximum atomic E-state index is 14.6. The van der Waals surface area contributed by atoms with Crippen LogP contribution in [0.2, 0.25) is 0 Å². The van der Waals surface area contributed by atoms with Crippen LogP contribution in [0.4, 0.5) is 23.7 Å². The van der Waals surface area contributed by atoms with E-state index in [0.29, 0.717) is 50.0 Å². The number of urea groups is 1. The highest BCUT2D eigenvalue weighted by Gasteiger charge is 2.48. The van der Waals surface area contributed by atoms with Crippen molar-refractivity contribution >= 4 is 64.9 Å². The SMILES string of the molecule is CCCNC(=O)C1CCN(CCCC(=O)N[C@H](C(=O)N[C@@H](CCCNC(N)=O)C(=O)Nc2ccc(CNC(=O)[C@H](Cc3ccccc3)NC(=O)[C@H](C)[C@@H](OC)[C@@H]3CCCN3C(=O)C[C@@H](OC)[C@H]([C@@H](C)CC)N(C)C(=O)[C@@H](NC(=O)[C@H](C(C)C)N(C)C)C(C)C)cc2)C(C)C)C(C(F)(F)F)C1. The average Bonchev–Trinajstić information content (AvgIpc) is 1.41. The minimum absolute atomic E-state index is 0.0121. The molecule has 13 atom stereocenters. The largest absolute Gasteiger partial charge is 0.404 e. The summed E-state index contributed by atoms with van der Waals surface area (Å²) in [4.78, 5) is 143. The second kappa shape index (κ2) is 41.5. The molecular formula is C72H116F3N13O12. The topological polar surface area (TPSA) is 324 Å². The molecule has 11 amide bonds. The summed E-state index contributed by atoms with van der Waals surface area (Å²) in [5.74, 6) is -6.57. The number of carbonyl (C=O) groups excluding carboxylic acids is 10. The predicted octanol–water partition coefficient (Wildman–Crippen LogP) is 5.64. The zero-order valence-electron chi connectivity index (χ0n) is 61.6. The number of nitrogens with two attached hydrogens (primary N) is 1. The minimum atomic E-state index is -4.59. The molecule has 2 aromatic carbocycles. The monoisotopic (exact) mass is 1410 g/mol. The first kappa shape index (κ1) is 85.0. The van der Waals surface area contributed by atoms with Gasteiger partial charge in [-0.2, -0.15) is 13.2 Å². The maximum absolute atomic E-state index is 14.6. The highest BCUT2D eigenvalue weighted by Crippen LogP contribution is 2.35. The van der Waals surface area contributed by atoms with E-state index in [9.17, 15) is 61.1 Å². The van der Waals surface area contributed by atoms with Crippen molar-refractivity contribution in [3.05, 3.63) is 65.7 Å². The summed E-state index contributed by atoms with van der Waals surface area (Å²) >= 11 is 0. The Balaban J connectivity index is 1.43. The van der Waals surface area contributed by atoms with Gasteiger partial charge in [0.05, 0.1) is 42.7 Å². The highest BCUT2D eigenvalue weighted by molar-refractivity contribution is 5.98. The van der Waals surface area contributed by atoms with Gasteiger partial charge in [0.25, 0.3) is 0 Å². The number of hydrogen-bond acceptors (Lipinski definition) is 14. The van der Waals surface area contributed by atoms with E-state index in [1.807, 2.05) is 97.8 Å². The number of halogens is 3. The molecule has 0 saturated carbocycles. The number of primary amides is 1. The van der Waals surface area contributed by atoms with E-state index in [2.05, 4.69) is 42.5 Å². The molecule has 2 heterocycles. The Bertz CT molecular complexity index is 2950. The summed E-state index contributed by atoms with van der Waals surface area (Å²) in [7, 11) is 8.36. The van der Waals surface area contributed by atoms with Crippen LogP contribution in [0, 0.1) is 35.5 Å². The summed E-state index contributed by atoms with van der Waals surface area (Å²) in [5, 5.41) is 22.3. The van der Waals surface area contributed by atoms with Gasteiger partial charge in [0, 0.05) is 71.9 Å². The van der Waals surface area contributed by atoms with Crippen LogP contribution in [0.5, 0.6) is 0 Å². The number of likely N-dealkylation sites (tertiary alicyclic amines) is 2. The molecule has 10 N–H and O–H groups in total. The first-order valence-electron chi connectivity index (χ1n) is 35.5. The number of amides is 11. The number of benzene rings is 2. The van der Waals surface area contributed by atoms with E-state index in [0.717, 1.165) is 5.56 Å². The molecule has 2 saturated heterocycles. The fraction of sp³-hybridized carbons (Fsp3) is 0.694. The Morgan fingerprint density at radius 3 is 1.90 bits per heavy atom. The van der Waals surface area contributed by atoms with Crippen LogP contribution in [0.15, 0.2) is 54.6 Å². The Kier molecular flexibility index (Phi) is 35.2. The number of anilines is 1. The Hall–Kier alpha value is -7.43. The second-order valence-corrected chi connectivity index (χ2v) is 28.1.